The predicted octanol–water partition coefficient (Wildman–Crippen LogP) is 3.67. The highest BCUT2D eigenvalue weighted by Crippen LogP contribution is 2.38. The van der Waals surface area contributed by atoms with Gasteiger partial charge in [0.2, 0.25) is 0 Å². The minimum atomic E-state index is 0.575. The Morgan fingerprint density at radius 1 is 1.16 bits per heavy atom. The molecule has 1 atom stereocenters. The molecule has 1 heterocycles. The van der Waals surface area contributed by atoms with Crippen molar-refractivity contribution in [3.8, 4) is 0 Å². The molecule has 0 spiro atoms. The first-order chi connectivity index (χ1) is 9.11. The minimum Gasteiger partial charge on any atom is -0.316 e. The summed E-state index contributed by atoms with van der Waals surface area (Å²) in [4.78, 5) is 2.77. The second-order valence-electron chi connectivity index (χ2n) is 7.55. The van der Waals surface area contributed by atoms with Crippen molar-refractivity contribution in [2.24, 2.45) is 11.3 Å². The molecule has 19 heavy (non-hydrogen) atoms. The summed E-state index contributed by atoms with van der Waals surface area (Å²) in [6.45, 7) is 12.1. The van der Waals surface area contributed by atoms with Crippen LogP contribution < -0.4 is 5.32 Å². The molecule has 1 N–H and O–H groups in total. The summed E-state index contributed by atoms with van der Waals surface area (Å²) in [5.41, 5.74) is 0.575. The Morgan fingerprint density at radius 2 is 1.89 bits per heavy atom. The molecule has 2 fully saturated rings. The summed E-state index contributed by atoms with van der Waals surface area (Å²) in [7, 11) is 0. The van der Waals surface area contributed by atoms with E-state index in [0.29, 0.717) is 5.41 Å². The molecule has 0 radical (unpaired) electrons. The van der Waals surface area contributed by atoms with Crippen LogP contribution in [0.2, 0.25) is 0 Å². The van der Waals surface area contributed by atoms with Gasteiger partial charge in [0.05, 0.1) is 0 Å². The largest absolute Gasteiger partial charge is 0.316 e. The highest BCUT2D eigenvalue weighted by molar-refractivity contribution is 4.90. The summed E-state index contributed by atoms with van der Waals surface area (Å²) in [6.07, 6.45) is 10.1. The van der Waals surface area contributed by atoms with Gasteiger partial charge in [-0.1, -0.05) is 33.1 Å². The van der Waals surface area contributed by atoms with Crippen LogP contribution in [0.5, 0.6) is 0 Å². The highest BCUT2D eigenvalue weighted by Gasteiger charge is 2.35. The molecule has 1 aliphatic heterocycles. The minimum absolute atomic E-state index is 0.575. The molecule has 2 heteroatoms. The van der Waals surface area contributed by atoms with Gasteiger partial charge in [-0.25, -0.2) is 0 Å². The van der Waals surface area contributed by atoms with E-state index in [2.05, 4.69) is 31.0 Å². The van der Waals surface area contributed by atoms with E-state index >= 15 is 0 Å². The first-order valence-electron chi connectivity index (χ1n) is 8.56. The average molecular weight is 266 g/mol. The second kappa shape index (κ2) is 7.08. The Labute approximate surface area is 120 Å². The van der Waals surface area contributed by atoms with Crippen molar-refractivity contribution in [3.63, 3.8) is 0 Å². The van der Waals surface area contributed by atoms with Crippen LogP contribution in [0, 0.1) is 11.3 Å². The molecule has 1 unspecified atom stereocenters. The van der Waals surface area contributed by atoms with Crippen molar-refractivity contribution in [1.29, 1.82) is 0 Å². The predicted molar refractivity (Wildman–Crippen MR) is 83.5 cm³/mol. The molecule has 2 rings (SSSR count). The van der Waals surface area contributed by atoms with Crippen molar-refractivity contribution in [3.05, 3.63) is 0 Å². The lowest BCUT2D eigenvalue weighted by Crippen LogP contribution is -2.46. The van der Waals surface area contributed by atoms with Gasteiger partial charge in [0, 0.05) is 19.1 Å². The first kappa shape index (κ1) is 15.3. The van der Waals surface area contributed by atoms with E-state index in [-0.39, 0.29) is 0 Å². The zero-order chi connectivity index (χ0) is 13.7. The quantitative estimate of drug-likeness (QED) is 0.789. The molecule has 2 nitrogen and oxygen atoms in total. The maximum absolute atomic E-state index is 3.76. The SMILES string of the molecule is CC(C)CNCC1(CN2CCCC2C)CCCCC1. The molecule has 0 amide bonds. The van der Waals surface area contributed by atoms with Crippen LogP contribution in [0.4, 0.5) is 0 Å². The van der Waals surface area contributed by atoms with Crippen LogP contribution in [0.1, 0.15) is 65.7 Å². The van der Waals surface area contributed by atoms with Crippen molar-refractivity contribution >= 4 is 0 Å². The van der Waals surface area contributed by atoms with Crippen molar-refractivity contribution < 1.29 is 0 Å². The lowest BCUT2D eigenvalue weighted by atomic mass is 9.73. The second-order valence-corrected chi connectivity index (χ2v) is 7.55. The number of nitrogens with zero attached hydrogens (tertiary/aromatic N) is 1. The number of nitrogens with one attached hydrogen (secondary N) is 1. The normalized spacial score (nSPS) is 28.1. The fourth-order valence-corrected chi connectivity index (χ4v) is 3.98. The Bertz CT molecular complexity index is 256. The van der Waals surface area contributed by atoms with Gasteiger partial charge in [0.25, 0.3) is 0 Å². The number of hydrogen-bond donors (Lipinski definition) is 1. The van der Waals surface area contributed by atoms with Crippen LogP contribution in [-0.4, -0.2) is 37.1 Å². The van der Waals surface area contributed by atoms with E-state index in [9.17, 15) is 0 Å². The molecular formula is C17H34N2. The van der Waals surface area contributed by atoms with Gasteiger partial charge in [0.1, 0.15) is 0 Å². The maximum Gasteiger partial charge on any atom is 0.00676 e. The molecule has 1 aliphatic carbocycles. The average Bonchev–Trinajstić information content (AvgIpc) is 2.75. The van der Waals surface area contributed by atoms with Crippen LogP contribution in [0.3, 0.4) is 0 Å². The van der Waals surface area contributed by atoms with E-state index in [1.165, 1.54) is 71.1 Å². The van der Waals surface area contributed by atoms with Crippen LogP contribution in [-0.2, 0) is 0 Å². The van der Waals surface area contributed by atoms with Crippen molar-refractivity contribution in [2.75, 3.05) is 26.2 Å². The third-order valence-electron chi connectivity index (χ3n) is 5.20. The molecule has 1 saturated carbocycles. The van der Waals surface area contributed by atoms with Gasteiger partial charge in [-0.05, 0) is 57.0 Å². The molecule has 0 aromatic carbocycles. The van der Waals surface area contributed by atoms with Gasteiger partial charge >= 0.3 is 0 Å². The van der Waals surface area contributed by atoms with E-state index in [0.717, 1.165) is 12.0 Å². The van der Waals surface area contributed by atoms with Crippen LogP contribution in [0.25, 0.3) is 0 Å². The topological polar surface area (TPSA) is 15.3 Å². The standard InChI is InChI=1S/C17H34N2/c1-15(2)12-18-13-17(9-5-4-6-10-17)14-19-11-7-8-16(19)3/h15-16,18H,4-14H2,1-3H3. The van der Waals surface area contributed by atoms with Gasteiger partial charge in [-0.3, -0.25) is 0 Å². The van der Waals surface area contributed by atoms with E-state index in [4.69, 9.17) is 0 Å². The van der Waals surface area contributed by atoms with Gasteiger partial charge in [0.15, 0.2) is 0 Å². The van der Waals surface area contributed by atoms with Crippen LogP contribution in [0.15, 0.2) is 0 Å². The molecular weight excluding hydrogens is 232 g/mol. The molecule has 1 saturated heterocycles. The van der Waals surface area contributed by atoms with Crippen molar-refractivity contribution in [1.82, 2.24) is 10.2 Å². The summed E-state index contributed by atoms with van der Waals surface area (Å²) in [5, 5.41) is 3.76. The number of rotatable bonds is 6. The zero-order valence-electron chi connectivity index (χ0n) is 13.4. The molecule has 0 aromatic heterocycles. The van der Waals surface area contributed by atoms with E-state index in [1.54, 1.807) is 0 Å². The van der Waals surface area contributed by atoms with Gasteiger partial charge < -0.3 is 10.2 Å². The molecule has 112 valence electrons. The summed E-state index contributed by atoms with van der Waals surface area (Å²) >= 11 is 0. The van der Waals surface area contributed by atoms with Crippen LogP contribution >= 0.6 is 0 Å². The Balaban J connectivity index is 1.89. The van der Waals surface area contributed by atoms with E-state index < -0.39 is 0 Å². The summed E-state index contributed by atoms with van der Waals surface area (Å²) < 4.78 is 0. The lowest BCUT2D eigenvalue weighted by molar-refractivity contribution is 0.0978. The molecule has 0 aromatic rings. The Kier molecular flexibility index (Phi) is 5.70. The third kappa shape index (κ3) is 4.46. The zero-order valence-corrected chi connectivity index (χ0v) is 13.4. The summed E-state index contributed by atoms with van der Waals surface area (Å²) in [5.74, 6) is 0.770. The van der Waals surface area contributed by atoms with Crippen molar-refractivity contribution in [2.45, 2.75) is 71.8 Å². The fourth-order valence-electron chi connectivity index (χ4n) is 3.98. The number of likely N-dealkylation sites (tertiary alicyclic amines) is 1. The highest BCUT2D eigenvalue weighted by atomic mass is 15.2. The maximum atomic E-state index is 3.76. The smallest absolute Gasteiger partial charge is 0.00676 e. The lowest BCUT2D eigenvalue weighted by Gasteiger charge is -2.42. The number of hydrogen-bond acceptors (Lipinski definition) is 2. The van der Waals surface area contributed by atoms with Gasteiger partial charge in [-0.15, -0.1) is 0 Å². The Morgan fingerprint density at radius 3 is 2.47 bits per heavy atom. The third-order valence-corrected chi connectivity index (χ3v) is 5.20. The fraction of sp³-hybridized carbons (Fsp3) is 1.00. The summed E-state index contributed by atoms with van der Waals surface area (Å²) in [6, 6.07) is 0.823. The monoisotopic (exact) mass is 266 g/mol. The van der Waals surface area contributed by atoms with Gasteiger partial charge in [-0.2, -0.15) is 0 Å². The molecule has 0 bridgehead atoms. The molecule has 2 aliphatic rings. The first-order valence-corrected chi connectivity index (χ1v) is 8.56. The van der Waals surface area contributed by atoms with E-state index in [1.807, 2.05) is 0 Å². The Hall–Kier alpha value is -0.0800.